The summed E-state index contributed by atoms with van der Waals surface area (Å²) in [5, 5.41) is 11.0. The lowest BCUT2D eigenvalue weighted by Crippen LogP contribution is -3.06. The number of carbonyl (C=O) groups is 2. The number of carbonyl (C=O) groups excluding carboxylic acids is 2. The number of halogens is 1. The average molecular weight is 477 g/mol. The average Bonchev–Trinajstić information content (AvgIpc) is 3.02. The molecule has 1 fully saturated rings. The number of aliphatic hydroxyl groups is 1. The maximum absolute atomic E-state index is 14.7. The third-order valence-electron chi connectivity index (χ3n) is 5.50. The van der Waals surface area contributed by atoms with Crippen molar-refractivity contribution in [1.29, 1.82) is 0 Å². The second kappa shape index (κ2) is 9.42. The number of hydrogen-bond donors (Lipinski definition) is 2. The molecule has 10 heteroatoms. The van der Waals surface area contributed by atoms with Crippen LogP contribution in [0.3, 0.4) is 0 Å². The van der Waals surface area contributed by atoms with Gasteiger partial charge in [0.2, 0.25) is 10.0 Å². The third kappa shape index (κ3) is 4.68. The second-order valence-corrected chi connectivity index (χ2v) is 10.4. The smallest absolute Gasteiger partial charge is 0.295 e. The van der Waals surface area contributed by atoms with Gasteiger partial charge in [0.15, 0.2) is 0 Å². The predicted octanol–water partition coefficient (Wildman–Crippen LogP) is 0.642. The zero-order chi connectivity index (χ0) is 24.5. The van der Waals surface area contributed by atoms with Crippen molar-refractivity contribution in [1.82, 2.24) is 9.21 Å². The van der Waals surface area contributed by atoms with Crippen molar-refractivity contribution in [3.05, 3.63) is 71.0 Å². The first kappa shape index (κ1) is 24.6. The molecule has 1 unspecified atom stereocenters. The molecule has 0 aromatic heterocycles. The maximum atomic E-state index is 14.7. The van der Waals surface area contributed by atoms with Gasteiger partial charge in [0.1, 0.15) is 11.6 Å². The molecule has 176 valence electrons. The Balaban J connectivity index is 2.14. The molecule has 1 amide bonds. The van der Waals surface area contributed by atoms with E-state index in [1.54, 1.807) is 6.07 Å². The largest absolute Gasteiger partial charge is 0.507 e. The van der Waals surface area contributed by atoms with E-state index in [1.165, 1.54) is 61.5 Å². The molecule has 2 aromatic carbocycles. The number of likely N-dealkylation sites (tertiary alicyclic amines) is 1. The van der Waals surface area contributed by atoms with Gasteiger partial charge in [-0.1, -0.05) is 18.2 Å². The quantitative estimate of drug-likeness (QED) is 0.347. The van der Waals surface area contributed by atoms with E-state index >= 15 is 0 Å². The summed E-state index contributed by atoms with van der Waals surface area (Å²) in [7, 11) is 2.88. The van der Waals surface area contributed by atoms with Crippen molar-refractivity contribution in [3.63, 3.8) is 0 Å². The van der Waals surface area contributed by atoms with E-state index in [0.29, 0.717) is 6.54 Å². The molecule has 1 aliphatic heterocycles. The zero-order valence-corrected chi connectivity index (χ0v) is 19.7. The van der Waals surface area contributed by atoms with Crippen LogP contribution in [0.4, 0.5) is 4.39 Å². The lowest BCUT2D eigenvalue weighted by atomic mass is 9.95. The first-order valence-electron chi connectivity index (χ1n) is 10.3. The molecular formula is C23H27FN3O5S+. The Morgan fingerprint density at radius 3 is 2.24 bits per heavy atom. The van der Waals surface area contributed by atoms with Crippen LogP contribution in [-0.2, 0) is 19.6 Å². The SMILES string of the molecule is CN(C)S(=O)(=O)c1ccc(C(O)=C2C(=O)C(=O)N(CC[NH+](C)C)C2c2ccccc2F)cc1. The van der Waals surface area contributed by atoms with E-state index in [9.17, 15) is 27.5 Å². The van der Waals surface area contributed by atoms with Crippen LogP contribution >= 0.6 is 0 Å². The summed E-state index contributed by atoms with van der Waals surface area (Å²) in [6, 6.07) is 9.99. The Morgan fingerprint density at radius 1 is 1.09 bits per heavy atom. The van der Waals surface area contributed by atoms with Crippen LogP contribution in [0.15, 0.2) is 59.0 Å². The normalized spacial score (nSPS) is 18.5. The molecule has 2 aromatic rings. The number of quaternary nitrogens is 1. The number of nitrogens with one attached hydrogen (secondary N) is 1. The Hall–Kier alpha value is -3.08. The fourth-order valence-electron chi connectivity index (χ4n) is 3.63. The van der Waals surface area contributed by atoms with E-state index in [0.717, 1.165) is 9.21 Å². The number of ketones is 1. The van der Waals surface area contributed by atoms with Crippen molar-refractivity contribution < 1.29 is 32.4 Å². The standard InChI is InChI=1S/C23H26FN3O5S/c1-25(2)13-14-27-20(17-7-5-6-8-18(17)24)19(22(29)23(27)30)21(28)15-9-11-16(12-10-15)33(31,32)26(3)4/h5-12,20,28H,13-14H2,1-4H3/p+1. The van der Waals surface area contributed by atoms with Crippen LogP contribution in [0.5, 0.6) is 0 Å². The molecule has 0 spiro atoms. The van der Waals surface area contributed by atoms with Crippen molar-refractivity contribution in [3.8, 4) is 0 Å². The van der Waals surface area contributed by atoms with Gasteiger partial charge < -0.3 is 14.9 Å². The van der Waals surface area contributed by atoms with E-state index in [-0.39, 0.29) is 28.1 Å². The highest BCUT2D eigenvalue weighted by Crippen LogP contribution is 2.40. The Bertz CT molecular complexity index is 1210. The fourth-order valence-corrected chi connectivity index (χ4v) is 4.53. The summed E-state index contributed by atoms with van der Waals surface area (Å²) in [5.74, 6) is -2.84. The molecule has 0 saturated carbocycles. The summed E-state index contributed by atoms with van der Waals surface area (Å²) >= 11 is 0. The van der Waals surface area contributed by atoms with Gasteiger partial charge in [-0.25, -0.2) is 17.1 Å². The van der Waals surface area contributed by atoms with Gasteiger partial charge in [-0.3, -0.25) is 9.59 Å². The molecule has 3 rings (SSSR count). The van der Waals surface area contributed by atoms with Gasteiger partial charge in [0.05, 0.1) is 43.7 Å². The predicted molar refractivity (Wildman–Crippen MR) is 120 cm³/mol. The number of aliphatic hydroxyl groups excluding tert-OH is 1. The number of hydrogen-bond acceptors (Lipinski definition) is 5. The van der Waals surface area contributed by atoms with Gasteiger partial charge in [0.25, 0.3) is 11.7 Å². The minimum Gasteiger partial charge on any atom is -0.507 e. The molecule has 1 aliphatic rings. The van der Waals surface area contributed by atoms with Crippen LogP contribution in [0.25, 0.3) is 5.76 Å². The van der Waals surface area contributed by atoms with Crippen LogP contribution in [0, 0.1) is 5.82 Å². The van der Waals surface area contributed by atoms with Crippen LogP contribution in [0.1, 0.15) is 17.2 Å². The van der Waals surface area contributed by atoms with E-state index in [4.69, 9.17) is 0 Å². The van der Waals surface area contributed by atoms with E-state index < -0.39 is 39.3 Å². The molecule has 1 atom stereocenters. The maximum Gasteiger partial charge on any atom is 0.295 e. The van der Waals surface area contributed by atoms with Crippen molar-refractivity contribution in [2.24, 2.45) is 0 Å². The highest BCUT2D eigenvalue weighted by molar-refractivity contribution is 7.89. The first-order valence-corrected chi connectivity index (χ1v) is 11.8. The Kier molecular flexibility index (Phi) is 7.01. The van der Waals surface area contributed by atoms with Crippen molar-refractivity contribution in [2.45, 2.75) is 10.9 Å². The number of likely N-dealkylation sites (N-methyl/N-ethyl adjacent to an activating group) is 1. The number of Topliss-reactive ketones (excluding diaryl/α,β-unsaturated/α-hetero) is 1. The number of rotatable bonds is 7. The minimum atomic E-state index is -3.69. The number of nitrogens with zero attached hydrogens (tertiary/aromatic N) is 2. The number of benzene rings is 2. The molecule has 0 radical (unpaired) electrons. The number of amides is 1. The fraction of sp³-hybridized carbons (Fsp3) is 0.304. The van der Waals surface area contributed by atoms with Crippen molar-refractivity contribution >= 4 is 27.5 Å². The monoisotopic (exact) mass is 476 g/mol. The van der Waals surface area contributed by atoms with Crippen LogP contribution in [0.2, 0.25) is 0 Å². The van der Waals surface area contributed by atoms with Gasteiger partial charge >= 0.3 is 0 Å². The molecule has 0 aliphatic carbocycles. The van der Waals surface area contributed by atoms with E-state index in [1.807, 2.05) is 14.1 Å². The molecule has 1 heterocycles. The van der Waals surface area contributed by atoms with Gasteiger partial charge in [-0.2, -0.15) is 0 Å². The van der Waals surface area contributed by atoms with E-state index in [2.05, 4.69) is 0 Å². The topological polar surface area (TPSA) is 99.4 Å². The summed E-state index contributed by atoms with van der Waals surface area (Å²) in [4.78, 5) is 28.1. The summed E-state index contributed by atoms with van der Waals surface area (Å²) in [6.07, 6.45) is 0. The van der Waals surface area contributed by atoms with Gasteiger partial charge in [0, 0.05) is 25.2 Å². The highest BCUT2D eigenvalue weighted by Gasteiger charge is 2.47. The zero-order valence-electron chi connectivity index (χ0n) is 18.9. The molecule has 33 heavy (non-hydrogen) atoms. The third-order valence-corrected chi connectivity index (χ3v) is 7.33. The lowest BCUT2D eigenvalue weighted by Gasteiger charge is -2.26. The summed E-state index contributed by atoms with van der Waals surface area (Å²) < 4.78 is 40.4. The summed E-state index contributed by atoms with van der Waals surface area (Å²) in [6.45, 7) is 0.692. The highest BCUT2D eigenvalue weighted by atomic mass is 32.2. The molecule has 2 N–H and O–H groups in total. The second-order valence-electron chi connectivity index (χ2n) is 8.28. The molecule has 8 nitrogen and oxygen atoms in total. The molecule has 0 bridgehead atoms. The van der Waals surface area contributed by atoms with Gasteiger partial charge in [-0.05, 0) is 30.3 Å². The molecular weight excluding hydrogens is 449 g/mol. The van der Waals surface area contributed by atoms with Crippen molar-refractivity contribution in [2.75, 3.05) is 41.3 Å². The van der Waals surface area contributed by atoms with Crippen LogP contribution < -0.4 is 4.90 Å². The summed E-state index contributed by atoms with van der Waals surface area (Å²) in [5.41, 5.74) is 0.00571. The minimum absolute atomic E-state index is 0.00381. The molecule has 1 saturated heterocycles. The van der Waals surface area contributed by atoms with Crippen LogP contribution in [-0.4, -0.2) is 75.7 Å². The van der Waals surface area contributed by atoms with Gasteiger partial charge in [-0.15, -0.1) is 0 Å². The Morgan fingerprint density at radius 2 is 1.70 bits per heavy atom. The first-order chi connectivity index (χ1) is 15.5. The Labute approximate surface area is 192 Å². The lowest BCUT2D eigenvalue weighted by molar-refractivity contribution is -0.857. The number of sulfonamides is 1.